The van der Waals surface area contributed by atoms with Gasteiger partial charge < -0.3 is 0 Å². The van der Waals surface area contributed by atoms with Crippen LogP contribution in [0.4, 0.5) is 0 Å². The first-order chi connectivity index (χ1) is 4.31. The third kappa shape index (κ3) is 4.68. The summed E-state index contributed by atoms with van der Waals surface area (Å²) in [5.41, 5.74) is 0.848. The van der Waals surface area contributed by atoms with Gasteiger partial charge in [-0.2, -0.15) is 0 Å². The fourth-order valence-corrected chi connectivity index (χ4v) is 0.224. The van der Waals surface area contributed by atoms with Gasteiger partial charge in [0.05, 0.1) is 0 Å². The Morgan fingerprint density at radius 3 is 2.56 bits per heavy atom. The highest BCUT2D eigenvalue weighted by Gasteiger charge is 1.72. The predicted octanol–water partition coefficient (Wildman–Crippen LogP) is 1.81. The van der Waals surface area contributed by atoms with Gasteiger partial charge in [0, 0.05) is 11.9 Å². The van der Waals surface area contributed by atoms with Gasteiger partial charge in [0.15, 0.2) is 0 Å². The van der Waals surface area contributed by atoms with Crippen LogP contribution in [0.5, 0.6) is 0 Å². The normalized spacial score (nSPS) is 11.9. The number of rotatable bonds is 3. The van der Waals surface area contributed by atoms with E-state index in [2.05, 4.69) is 23.1 Å². The smallest absolute Gasteiger partial charge is 0.115 e. The molecule has 0 unspecified atom stereocenters. The minimum Gasteiger partial charge on any atom is -0.245 e. The predicted molar refractivity (Wildman–Crippen MR) is 42.0 cm³/mol. The Kier molecular flexibility index (Phi) is 4.32. The maximum Gasteiger partial charge on any atom is 0.115 e. The van der Waals surface area contributed by atoms with Crippen molar-refractivity contribution < 1.29 is 0 Å². The van der Waals surface area contributed by atoms with Crippen molar-refractivity contribution in [3.63, 3.8) is 0 Å². The molecule has 0 bridgehead atoms. The van der Waals surface area contributed by atoms with Crippen molar-refractivity contribution >= 4 is 12.1 Å². The van der Waals surface area contributed by atoms with E-state index in [-0.39, 0.29) is 0 Å². The average molecular weight is 122 g/mol. The average Bonchev–Trinajstić information content (AvgIpc) is 1.89. The second kappa shape index (κ2) is 4.97. The molecule has 2 heteroatoms. The van der Waals surface area contributed by atoms with Gasteiger partial charge in [-0.25, -0.2) is 9.98 Å². The van der Waals surface area contributed by atoms with E-state index >= 15 is 0 Å². The maximum absolute atomic E-state index is 3.87. The van der Waals surface area contributed by atoms with Crippen molar-refractivity contribution in [1.29, 1.82) is 0 Å². The molecule has 0 amide bonds. The molecule has 0 aliphatic heterocycles. The van der Waals surface area contributed by atoms with Gasteiger partial charge in [-0.3, -0.25) is 0 Å². The van der Waals surface area contributed by atoms with Crippen LogP contribution < -0.4 is 0 Å². The van der Waals surface area contributed by atoms with Crippen molar-refractivity contribution in [2.24, 2.45) is 9.98 Å². The largest absolute Gasteiger partial charge is 0.245 e. The Morgan fingerprint density at radius 2 is 2.11 bits per heavy atom. The molecule has 0 aromatic rings. The van der Waals surface area contributed by atoms with Crippen LogP contribution >= 0.6 is 0 Å². The molecule has 0 aromatic carbocycles. The highest BCUT2D eigenvalue weighted by atomic mass is 14.8. The van der Waals surface area contributed by atoms with Crippen molar-refractivity contribution in [3.8, 4) is 0 Å². The summed E-state index contributed by atoms with van der Waals surface area (Å²) in [6, 6.07) is 0. The van der Waals surface area contributed by atoms with Crippen LogP contribution in [0.15, 0.2) is 35.4 Å². The summed E-state index contributed by atoms with van der Waals surface area (Å²) >= 11 is 0. The second-order valence-electron chi connectivity index (χ2n) is 1.42. The third-order valence-corrected chi connectivity index (χ3v) is 0.729. The molecular formula is C7H10N2. The van der Waals surface area contributed by atoms with Crippen molar-refractivity contribution in [2.75, 3.05) is 0 Å². The number of hydrogen-bond donors (Lipinski definition) is 0. The zero-order valence-electron chi connectivity index (χ0n) is 5.54. The van der Waals surface area contributed by atoms with Crippen molar-refractivity contribution in [1.82, 2.24) is 0 Å². The summed E-state index contributed by atoms with van der Waals surface area (Å²) in [4.78, 5) is 7.53. The molecule has 0 radical (unpaired) electrons. The van der Waals surface area contributed by atoms with Crippen molar-refractivity contribution in [3.05, 3.63) is 25.4 Å². The molecule has 0 heterocycles. The zero-order valence-corrected chi connectivity index (χ0v) is 5.54. The van der Waals surface area contributed by atoms with E-state index in [1.54, 1.807) is 6.08 Å². The third-order valence-electron chi connectivity index (χ3n) is 0.729. The first-order valence-corrected chi connectivity index (χ1v) is 2.60. The van der Waals surface area contributed by atoms with E-state index in [1.165, 1.54) is 12.5 Å². The van der Waals surface area contributed by atoms with Gasteiger partial charge in [0.25, 0.3) is 0 Å². The lowest BCUT2D eigenvalue weighted by Gasteiger charge is -1.80. The van der Waals surface area contributed by atoms with Gasteiger partial charge in [-0.05, 0) is 13.0 Å². The second-order valence-corrected chi connectivity index (χ2v) is 1.42. The molecule has 0 aromatic heterocycles. The minimum absolute atomic E-state index is 0.848. The number of aliphatic imine (C=N–C) groups is 2. The van der Waals surface area contributed by atoms with Gasteiger partial charge >= 0.3 is 0 Å². The summed E-state index contributed by atoms with van der Waals surface area (Å²) < 4.78 is 0. The summed E-state index contributed by atoms with van der Waals surface area (Å²) in [6.07, 6.45) is 4.53. The van der Waals surface area contributed by atoms with Crippen LogP contribution in [-0.4, -0.2) is 12.1 Å². The van der Waals surface area contributed by atoms with E-state index in [0.717, 1.165) is 5.71 Å². The molecule has 0 N–H and O–H groups in total. The lowest BCUT2D eigenvalue weighted by atomic mass is 10.4. The zero-order chi connectivity index (χ0) is 7.11. The maximum atomic E-state index is 3.87. The first-order valence-electron chi connectivity index (χ1n) is 2.60. The molecular weight excluding hydrogens is 112 g/mol. The number of allylic oxidation sites excluding steroid dienone is 1. The number of nitrogens with zero attached hydrogens (tertiary/aromatic N) is 2. The lowest BCUT2D eigenvalue weighted by molar-refractivity contribution is 1.56. The monoisotopic (exact) mass is 122 g/mol. The topological polar surface area (TPSA) is 24.7 Å². The number of hydrogen-bond acceptors (Lipinski definition) is 1. The van der Waals surface area contributed by atoms with Gasteiger partial charge in [-0.1, -0.05) is 13.2 Å². The first kappa shape index (κ1) is 7.82. The van der Waals surface area contributed by atoms with Crippen LogP contribution in [0.25, 0.3) is 0 Å². The molecule has 0 spiro atoms. The Hall–Kier alpha value is -1.18. The highest BCUT2D eigenvalue weighted by molar-refractivity contribution is 5.96. The van der Waals surface area contributed by atoms with E-state index < -0.39 is 0 Å². The molecule has 0 rings (SSSR count). The molecule has 0 saturated carbocycles. The quantitative estimate of drug-likeness (QED) is 0.403. The van der Waals surface area contributed by atoms with Gasteiger partial charge in [0.2, 0.25) is 0 Å². The Labute approximate surface area is 55.3 Å². The fourth-order valence-electron chi connectivity index (χ4n) is 0.224. The Morgan fingerprint density at radius 1 is 1.44 bits per heavy atom. The molecule has 0 saturated heterocycles. The van der Waals surface area contributed by atoms with Crippen molar-refractivity contribution in [2.45, 2.75) is 6.92 Å². The Balaban J connectivity index is 3.81. The molecule has 0 atom stereocenters. The molecule has 9 heavy (non-hydrogen) atoms. The van der Waals surface area contributed by atoms with Gasteiger partial charge in [-0.15, -0.1) is 0 Å². The van der Waals surface area contributed by atoms with Crippen LogP contribution in [0, 0.1) is 0 Å². The summed E-state index contributed by atoms with van der Waals surface area (Å²) in [5, 5.41) is 0. The summed E-state index contributed by atoms with van der Waals surface area (Å²) in [7, 11) is 0. The molecule has 0 aliphatic carbocycles. The minimum atomic E-state index is 0.848. The molecule has 2 nitrogen and oxygen atoms in total. The van der Waals surface area contributed by atoms with E-state index in [4.69, 9.17) is 0 Å². The van der Waals surface area contributed by atoms with E-state index in [9.17, 15) is 0 Å². The molecule has 48 valence electrons. The van der Waals surface area contributed by atoms with Gasteiger partial charge in [0.1, 0.15) is 6.34 Å². The van der Waals surface area contributed by atoms with E-state index in [1.807, 2.05) is 6.92 Å². The fraction of sp³-hybridized carbons (Fsp3) is 0.143. The van der Waals surface area contributed by atoms with Crippen LogP contribution in [0.3, 0.4) is 0 Å². The summed E-state index contributed by atoms with van der Waals surface area (Å²) in [5.74, 6) is 0. The standard InChI is InChI=1S/C7H10N2/c1-4-7(3)9-6-8-5-2/h4-6H,1-2H2,3H3/b8-6-,9-7-. The summed E-state index contributed by atoms with van der Waals surface area (Å²) in [6.45, 7) is 8.76. The lowest BCUT2D eigenvalue weighted by Crippen LogP contribution is -1.81. The van der Waals surface area contributed by atoms with E-state index in [0.29, 0.717) is 0 Å². The molecule has 0 fully saturated rings. The molecule has 0 aliphatic rings. The SMILES string of the molecule is C=C/N=C\N=C(\C)C=C. The van der Waals surface area contributed by atoms with Crippen LogP contribution in [0.1, 0.15) is 6.92 Å². The highest BCUT2D eigenvalue weighted by Crippen LogP contribution is 1.75. The Bertz CT molecular complexity index is 154. The van der Waals surface area contributed by atoms with Crippen LogP contribution in [-0.2, 0) is 0 Å². The van der Waals surface area contributed by atoms with Crippen LogP contribution in [0.2, 0.25) is 0 Å².